The third kappa shape index (κ3) is 6.96. The van der Waals surface area contributed by atoms with Gasteiger partial charge in [0.2, 0.25) is 5.82 Å². The van der Waals surface area contributed by atoms with Crippen molar-refractivity contribution in [3.05, 3.63) is 113 Å². The molecule has 0 unspecified atom stereocenters. The number of carbonyl (C=O) groups excluding carboxylic acids is 1. The van der Waals surface area contributed by atoms with Crippen LogP contribution in [0, 0.1) is 35.0 Å². The number of benzene rings is 3. The van der Waals surface area contributed by atoms with Crippen molar-refractivity contribution in [3.8, 4) is 0 Å². The Bertz CT molecular complexity index is 1500. The number of nitrogens with one attached hydrogen (secondary N) is 1. The number of amides is 1. The molecule has 11 heteroatoms. The fourth-order valence-electron chi connectivity index (χ4n) is 6.13. The smallest absolute Gasteiger partial charge is 0.261 e. The summed E-state index contributed by atoms with van der Waals surface area (Å²) in [5.74, 6) is -12.8. The highest BCUT2D eigenvalue weighted by atomic mass is 19.2. The first-order valence-electron chi connectivity index (χ1n) is 14.9. The van der Waals surface area contributed by atoms with Crippen molar-refractivity contribution in [1.82, 2.24) is 4.90 Å². The van der Waals surface area contributed by atoms with Crippen LogP contribution in [-0.4, -0.2) is 41.1 Å². The summed E-state index contributed by atoms with van der Waals surface area (Å²) in [6.07, 6.45) is 4.75. The van der Waals surface area contributed by atoms with Gasteiger partial charge in [0.1, 0.15) is 5.56 Å². The van der Waals surface area contributed by atoms with Gasteiger partial charge in [-0.2, -0.15) is 0 Å². The van der Waals surface area contributed by atoms with Crippen LogP contribution in [0.1, 0.15) is 72.0 Å². The molecular weight excluding hydrogens is 595 g/mol. The number of aliphatic hydroxyl groups is 1. The van der Waals surface area contributed by atoms with E-state index in [0.29, 0.717) is 24.7 Å². The lowest BCUT2D eigenvalue weighted by Crippen LogP contribution is -2.47. The molecule has 0 radical (unpaired) electrons. The van der Waals surface area contributed by atoms with Crippen LogP contribution >= 0.6 is 0 Å². The molecule has 1 aliphatic carbocycles. The molecule has 1 saturated heterocycles. The molecule has 4 atom stereocenters. The first-order valence-corrected chi connectivity index (χ1v) is 14.9. The molecule has 5 rings (SSSR count). The molecule has 6 nitrogen and oxygen atoms in total. The minimum absolute atomic E-state index is 0.0342. The molecule has 1 heterocycles. The Morgan fingerprint density at radius 3 is 2.22 bits per heavy atom. The molecule has 1 saturated carbocycles. The largest absolute Gasteiger partial charge is 0.392 e. The number of anilines is 1. The standard InChI is InChI=1S/C34H35F5N2O4/c1-3-15-41(24-9-4-5-10-24)17-25-19(2)32(21-13-11-20(18-42)12-14-21)45-34(44-25)22-7-6-8-23(16-22)40-33(43)26-27(35)29(37)31(39)30(38)28(26)36/h3,6-8,11-14,16,19,24-25,32,34,42H,1,4-5,9-10,15,17-18H2,2H3,(H,40,43)/t19-,25+,32+,34+/m1/s1. The molecule has 240 valence electrons. The first-order chi connectivity index (χ1) is 21.6. The fourth-order valence-corrected chi connectivity index (χ4v) is 6.13. The molecule has 0 bridgehead atoms. The van der Waals surface area contributed by atoms with E-state index in [9.17, 15) is 31.9 Å². The van der Waals surface area contributed by atoms with Crippen molar-refractivity contribution in [2.45, 2.75) is 63.8 Å². The third-order valence-electron chi connectivity index (χ3n) is 8.60. The number of hydrogen-bond donors (Lipinski definition) is 2. The first kappa shape index (κ1) is 32.7. The van der Waals surface area contributed by atoms with Gasteiger partial charge in [0.05, 0.1) is 18.8 Å². The molecule has 45 heavy (non-hydrogen) atoms. The van der Waals surface area contributed by atoms with Gasteiger partial charge < -0.3 is 19.9 Å². The minimum Gasteiger partial charge on any atom is -0.392 e. The van der Waals surface area contributed by atoms with Gasteiger partial charge in [-0.05, 0) is 36.1 Å². The van der Waals surface area contributed by atoms with E-state index in [2.05, 4.69) is 16.8 Å². The van der Waals surface area contributed by atoms with E-state index in [1.807, 2.05) is 37.3 Å². The molecule has 0 aromatic heterocycles. The summed E-state index contributed by atoms with van der Waals surface area (Å²) < 4.78 is 82.5. The second-order valence-electron chi connectivity index (χ2n) is 11.5. The van der Waals surface area contributed by atoms with Crippen LogP contribution in [-0.2, 0) is 16.1 Å². The quantitative estimate of drug-likeness (QED) is 0.106. The predicted molar refractivity (Wildman–Crippen MR) is 158 cm³/mol. The van der Waals surface area contributed by atoms with Gasteiger partial charge in [0.25, 0.3) is 5.91 Å². The molecule has 1 amide bonds. The maximum atomic E-state index is 14.3. The van der Waals surface area contributed by atoms with Gasteiger partial charge in [0.15, 0.2) is 29.6 Å². The van der Waals surface area contributed by atoms with Gasteiger partial charge in [-0.25, -0.2) is 22.0 Å². The Balaban J connectivity index is 1.43. The van der Waals surface area contributed by atoms with E-state index >= 15 is 0 Å². The maximum absolute atomic E-state index is 14.3. The normalized spacial score (nSPS) is 22.1. The van der Waals surface area contributed by atoms with E-state index in [1.165, 1.54) is 12.1 Å². The van der Waals surface area contributed by atoms with Gasteiger partial charge in [-0.3, -0.25) is 9.69 Å². The average molecular weight is 631 g/mol. The van der Waals surface area contributed by atoms with Crippen molar-refractivity contribution in [2.75, 3.05) is 18.4 Å². The number of hydrogen-bond acceptors (Lipinski definition) is 5. The van der Waals surface area contributed by atoms with Gasteiger partial charge in [-0.15, -0.1) is 6.58 Å². The van der Waals surface area contributed by atoms with Crippen LogP contribution in [0.5, 0.6) is 0 Å². The number of aliphatic hydroxyl groups excluding tert-OH is 1. The van der Waals surface area contributed by atoms with E-state index in [-0.39, 0.29) is 24.3 Å². The third-order valence-corrected chi connectivity index (χ3v) is 8.60. The van der Waals surface area contributed by atoms with Crippen LogP contribution < -0.4 is 5.32 Å². The lowest BCUT2D eigenvalue weighted by atomic mass is 9.89. The van der Waals surface area contributed by atoms with Crippen LogP contribution in [0.25, 0.3) is 0 Å². The van der Waals surface area contributed by atoms with Crippen molar-refractivity contribution >= 4 is 11.6 Å². The van der Waals surface area contributed by atoms with Crippen molar-refractivity contribution in [1.29, 1.82) is 0 Å². The van der Waals surface area contributed by atoms with E-state index < -0.39 is 53.0 Å². The Morgan fingerprint density at radius 1 is 0.956 bits per heavy atom. The Morgan fingerprint density at radius 2 is 1.60 bits per heavy atom. The van der Waals surface area contributed by atoms with E-state index in [4.69, 9.17) is 9.47 Å². The summed E-state index contributed by atoms with van der Waals surface area (Å²) in [6.45, 7) is 7.19. The lowest BCUT2D eigenvalue weighted by molar-refractivity contribution is -0.276. The minimum atomic E-state index is -2.35. The summed E-state index contributed by atoms with van der Waals surface area (Å²) in [5, 5.41) is 11.7. The summed E-state index contributed by atoms with van der Waals surface area (Å²) in [5.41, 5.74) is 0.547. The second kappa shape index (κ2) is 14.2. The molecule has 3 aromatic rings. The number of carbonyl (C=O) groups is 1. The van der Waals surface area contributed by atoms with Crippen molar-refractivity contribution in [3.63, 3.8) is 0 Å². The number of rotatable bonds is 10. The Kier molecular flexibility index (Phi) is 10.3. The maximum Gasteiger partial charge on any atom is 0.261 e. The Labute approximate surface area is 258 Å². The van der Waals surface area contributed by atoms with Crippen LogP contribution in [0.4, 0.5) is 27.6 Å². The fraction of sp³-hybridized carbons (Fsp3) is 0.382. The molecule has 2 aliphatic rings. The van der Waals surface area contributed by atoms with Crippen LogP contribution in [0.3, 0.4) is 0 Å². The zero-order valence-electron chi connectivity index (χ0n) is 24.7. The molecule has 2 fully saturated rings. The van der Waals surface area contributed by atoms with Crippen molar-refractivity contribution < 1.29 is 41.3 Å². The summed E-state index contributed by atoms with van der Waals surface area (Å²) in [7, 11) is 0. The average Bonchev–Trinajstić information content (AvgIpc) is 3.59. The monoisotopic (exact) mass is 630 g/mol. The summed E-state index contributed by atoms with van der Waals surface area (Å²) >= 11 is 0. The van der Waals surface area contributed by atoms with E-state index in [0.717, 1.165) is 36.8 Å². The topological polar surface area (TPSA) is 71.0 Å². The summed E-state index contributed by atoms with van der Waals surface area (Å²) in [6, 6.07) is 14.0. The number of halogens is 5. The van der Waals surface area contributed by atoms with E-state index in [1.54, 1.807) is 12.1 Å². The number of nitrogens with zero attached hydrogens (tertiary/aromatic N) is 1. The zero-order valence-corrected chi connectivity index (χ0v) is 24.7. The highest BCUT2D eigenvalue weighted by Gasteiger charge is 2.40. The molecule has 3 aromatic carbocycles. The SMILES string of the molecule is C=CCN(C[C@@H]1O[C@H](c2cccc(NC(=O)c3c(F)c(F)c(F)c(F)c3F)c2)O[C@H](c2ccc(CO)cc2)[C@@H]1C)C1CCCC1. The van der Waals surface area contributed by atoms with Gasteiger partial charge in [-0.1, -0.05) is 62.2 Å². The molecular formula is C34H35F5N2O4. The number of ether oxygens (including phenoxy) is 2. The highest BCUT2D eigenvalue weighted by molar-refractivity contribution is 6.04. The molecule has 1 aliphatic heterocycles. The molecule has 2 N–H and O–H groups in total. The predicted octanol–water partition coefficient (Wildman–Crippen LogP) is 7.35. The molecule has 0 spiro atoms. The second-order valence-corrected chi connectivity index (χ2v) is 11.5. The van der Waals surface area contributed by atoms with Crippen LogP contribution in [0.15, 0.2) is 61.2 Å². The summed E-state index contributed by atoms with van der Waals surface area (Å²) in [4.78, 5) is 15.1. The highest BCUT2D eigenvalue weighted by Crippen LogP contribution is 2.42. The Hall–Kier alpha value is -3.64. The van der Waals surface area contributed by atoms with Crippen LogP contribution in [0.2, 0.25) is 0 Å². The van der Waals surface area contributed by atoms with Crippen molar-refractivity contribution in [2.24, 2.45) is 5.92 Å². The zero-order chi connectivity index (χ0) is 32.2. The lowest BCUT2D eigenvalue weighted by Gasteiger charge is -2.43. The van der Waals surface area contributed by atoms with Gasteiger partial charge >= 0.3 is 0 Å². The van der Waals surface area contributed by atoms with Gasteiger partial charge in [0, 0.05) is 36.3 Å².